The Balaban J connectivity index is 2.05. The highest BCUT2D eigenvalue weighted by Gasteiger charge is 2.35. The number of thiophene rings is 1. The van der Waals surface area contributed by atoms with Crippen LogP contribution >= 0.6 is 23.1 Å². The van der Waals surface area contributed by atoms with Crippen LogP contribution in [0.3, 0.4) is 0 Å². The number of nitrogens with one attached hydrogen (secondary N) is 2. The van der Waals surface area contributed by atoms with Crippen molar-refractivity contribution in [2.75, 3.05) is 11.6 Å². The molecule has 1 aromatic heterocycles. The van der Waals surface area contributed by atoms with Crippen LogP contribution in [0.25, 0.3) is 0 Å². The van der Waals surface area contributed by atoms with Crippen LogP contribution in [0.5, 0.6) is 0 Å². The van der Waals surface area contributed by atoms with Gasteiger partial charge in [0.05, 0.1) is 22.6 Å². The molecule has 2 heterocycles. The molecule has 0 unspecified atom stereocenters. The molecule has 0 fully saturated rings. The van der Waals surface area contributed by atoms with Crippen LogP contribution < -0.4 is 10.6 Å². The third-order valence-electron chi connectivity index (χ3n) is 4.32. The lowest BCUT2D eigenvalue weighted by Gasteiger charge is -2.28. The lowest BCUT2D eigenvalue weighted by Crippen LogP contribution is -2.30. The van der Waals surface area contributed by atoms with Gasteiger partial charge in [0.1, 0.15) is 0 Å². The van der Waals surface area contributed by atoms with E-state index in [9.17, 15) is 10.1 Å². The summed E-state index contributed by atoms with van der Waals surface area (Å²) in [6.07, 6.45) is 1.93. The third kappa shape index (κ3) is 3.41. The Morgan fingerprint density at radius 2 is 2.04 bits per heavy atom. The quantitative estimate of drug-likeness (QED) is 0.802. The second-order valence-corrected chi connectivity index (χ2v) is 7.74. The number of aryl methyl sites for hydroxylation is 1. The lowest BCUT2D eigenvalue weighted by molar-refractivity contribution is -0.113. The maximum Gasteiger partial charge on any atom is 0.254 e. The molecule has 6 heteroatoms. The van der Waals surface area contributed by atoms with Crippen LogP contribution in [-0.4, -0.2) is 12.2 Å². The van der Waals surface area contributed by atoms with E-state index in [4.69, 9.17) is 0 Å². The standard InChI is InChI=1S/C20H19N3OS2/c1-12-7-4-5-8-15(12)23-19(24)17-13(2)22-20(25-3)14(11-21)18(17)16-9-6-10-26-16/h4-10,18,22H,1-3H3,(H,23,24)/t18-/m1/s1. The topological polar surface area (TPSA) is 64.9 Å². The van der Waals surface area contributed by atoms with Gasteiger partial charge in [-0.05, 0) is 43.2 Å². The number of nitriles is 1. The fraction of sp³-hybridized carbons (Fsp3) is 0.200. The third-order valence-corrected chi connectivity index (χ3v) is 5.98. The zero-order valence-electron chi connectivity index (χ0n) is 14.8. The summed E-state index contributed by atoms with van der Waals surface area (Å²) in [4.78, 5) is 14.1. The highest BCUT2D eigenvalue weighted by atomic mass is 32.2. The Morgan fingerprint density at radius 1 is 1.27 bits per heavy atom. The largest absolute Gasteiger partial charge is 0.353 e. The number of para-hydroxylation sites is 1. The highest BCUT2D eigenvalue weighted by Crippen LogP contribution is 2.42. The normalized spacial score (nSPS) is 16.9. The van der Waals surface area contributed by atoms with Crippen LogP contribution in [0.4, 0.5) is 5.69 Å². The van der Waals surface area contributed by atoms with Crippen molar-refractivity contribution in [2.45, 2.75) is 19.8 Å². The molecular formula is C20H19N3OS2. The summed E-state index contributed by atoms with van der Waals surface area (Å²) in [5.41, 5.74) is 3.72. The van der Waals surface area contributed by atoms with Crippen molar-refractivity contribution in [1.82, 2.24) is 5.32 Å². The van der Waals surface area contributed by atoms with Gasteiger partial charge in [-0.1, -0.05) is 24.3 Å². The molecule has 0 radical (unpaired) electrons. The van der Waals surface area contributed by atoms with Crippen LogP contribution in [0, 0.1) is 18.3 Å². The number of anilines is 1. The van der Waals surface area contributed by atoms with Crippen molar-refractivity contribution in [3.05, 3.63) is 74.1 Å². The molecule has 0 saturated carbocycles. The molecular weight excluding hydrogens is 362 g/mol. The minimum absolute atomic E-state index is 0.185. The molecule has 1 aromatic carbocycles. The molecule has 132 valence electrons. The molecule has 2 aromatic rings. The monoisotopic (exact) mass is 381 g/mol. The maximum atomic E-state index is 13.1. The summed E-state index contributed by atoms with van der Waals surface area (Å²) in [6.45, 7) is 3.84. The van der Waals surface area contributed by atoms with Crippen molar-refractivity contribution < 1.29 is 4.79 Å². The van der Waals surface area contributed by atoms with E-state index in [1.807, 2.05) is 61.9 Å². The molecule has 1 atom stereocenters. The number of allylic oxidation sites excluding steroid dienone is 2. The minimum Gasteiger partial charge on any atom is -0.353 e. The van der Waals surface area contributed by atoms with Crippen molar-refractivity contribution in [3.63, 3.8) is 0 Å². The van der Waals surface area contributed by atoms with E-state index >= 15 is 0 Å². The number of rotatable bonds is 4. The van der Waals surface area contributed by atoms with Crippen LogP contribution in [-0.2, 0) is 4.79 Å². The Hall–Kier alpha value is -2.49. The van der Waals surface area contributed by atoms with Gasteiger partial charge in [-0.25, -0.2) is 0 Å². The molecule has 26 heavy (non-hydrogen) atoms. The van der Waals surface area contributed by atoms with Crippen molar-refractivity contribution in [2.24, 2.45) is 0 Å². The van der Waals surface area contributed by atoms with Crippen molar-refractivity contribution >= 4 is 34.7 Å². The zero-order chi connectivity index (χ0) is 18.7. The first-order chi connectivity index (χ1) is 12.6. The van der Waals surface area contributed by atoms with Crippen LogP contribution in [0.1, 0.15) is 23.3 Å². The Labute approximate surface area is 161 Å². The van der Waals surface area contributed by atoms with Crippen molar-refractivity contribution in [1.29, 1.82) is 5.26 Å². The number of nitrogens with zero attached hydrogens (tertiary/aromatic N) is 1. The van der Waals surface area contributed by atoms with E-state index in [1.54, 1.807) is 11.3 Å². The minimum atomic E-state index is -0.354. The number of hydrogen-bond acceptors (Lipinski definition) is 5. The van der Waals surface area contributed by atoms with Gasteiger partial charge < -0.3 is 10.6 Å². The molecule has 1 aliphatic heterocycles. The molecule has 0 spiro atoms. The molecule has 4 nitrogen and oxygen atoms in total. The van der Waals surface area contributed by atoms with E-state index in [2.05, 4.69) is 16.7 Å². The summed E-state index contributed by atoms with van der Waals surface area (Å²) < 4.78 is 0. The van der Waals surface area contributed by atoms with E-state index in [0.717, 1.165) is 26.9 Å². The average molecular weight is 382 g/mol. The first-order valence-corrected chi connectivity index (χ1v) is 10.2. The van der Waals surface area contributed by atoms with Gasteiger partial charge in [-0.15, -0.1) is 23.1 Å². The zero-order valence-corrected chi connectivity index (χ0v) is 16.4. The fourth-order valence-corrected chi connectivity index (χ4v) is 4.50. The number of dihydropyridines is 1. The molecule has 1 aliphatic rings. The van der Waals surface area contributed by atoms with Gasteiger partial charge in [0, 0.05) is 21.8 Å². The lowest BCUT2D eigenvalue weighted by atomic mass is 9.86. The van der Waals surface area contributed by atoms with Gasteiger partial charge in [0.2, 0.25) is 0 Å². The predicted molar refractivity (Wildman–Crippen MR) is 109 cm³/mol. The summed E-state index contributed by atoms with van der Waals surface area (Å²) in [6, 6.07) is 13.9. The van der Waals surface area contributed by atoms with Gasteiger partial charge in [-0.2, -0.15) is 5.26 Å². The molecule has 2 N–H and O–H groups in total. The number of hydrogen-bond donors (Lipinski definition) is 2. The molecule has 3 rings (SSSR count). The first kappa shape index (κ1) is 18.3. The summed E-state index contributed by atoms with van der Waals surface area (Å²) >= 11 is 3.05. The highest BCUT2D eigenvalue weighted by molar-refractivity contribution is 8.02. The maximum absolute atomic E-state index is 13.1. The molecule has 1 amide bonds. The predicted octanol–water partition coefficient (Wildman–Crippen LogP) is 4.75. The Kier molecular flexibility index (Phi) is 5.50. The Morgan fingerprint density at radius 3 is 2.65 bits per heavy atom. The van der Waals surface area contributed by atoms with Crippen LogP contribution in [0.15, 0.2) is 63.7 Å². The second-order valence-electron chi connectivity index (χ2n) is 5.94. The summed E-state index contributed by atoms with van der Waals surface area (Å²) in [5.74, 6) is -0.539. The van der Waals surface area contributed by atoms with Gasteiger partial charge in [0.25, 0.3) is 5.91 Å². The van der Waals surface area contributed by atoms with Crippen molar-refractivity contribution in [3.8, 4) is 6.07 Å². The van der Waals surface area contributed by atoms with Gasteiger partial charge in [0.15, 0.2) is 0 Å². The molecule has 0 bridgehead atoms. The molecule has 0 saturated heterocycles. The fourth-order valence-electron chi connectivity index (χ4n) is 3.02. The average Bonchev–Trinajstić information content (AvgIpc) is 3.16. The first-order valence-electron chi connectivity index (χ1n) is 8.13. The number of thioether (sulfide) groups is 1. The van der Waals surface area contributed by atoms with Gasteiger partial charge in [-0.3, -0.25) is 4.79 Å². The smallest absolute Gasteiger partial charge is 0.254 e. The van der Waals surface area contributed by atoms with E-state index in [0.29, 0.717) is 11.1 Å². The Bertz CT molecular complexity index is 936. The number of carbonyl (C=O) groups excluding carboxylic acids is 1. The summed E-state index contributed by atoms with van der Waals surface area (Å²) in [5, 5.41) is 18.8. The van der Waals surface area contributed by atoms with Crippen LogP contribution in [0.2, 0.25) is 0 Å². The number of amides is 1. The second kappa shape index (κ2) is 7.81. The number of benzene rings is 1. The SMILES string of the molecule is CSC1=C(C#N)[C@H](c2cccs2)C(C(=O)Nc2ccccc2C)=C(C)N1. The number of carbonyl (C=O) groups is 1. The van der Waals surface area contributed by atoms with E-state index in [1.165, 1.54) is 11.8 Å². The van der Waals surface area contributed by atoms with Gasteiger partial charge >= 0.3 is 0 Å². The molecule has 0 aliphatic carbocycles. The summed E-state index contributed by atoms with van der Waals surface area (Å²) in [7, 11) is 0. The van der Waals surface area contributed by atoms with E-state index in [-0.39, 0.29) is 11.8 Å². The van der Waals surface area contributed by atoms with E-state index < -0.39 is 0 Å².